The lowest BCUT2D eigenvalue weighted by Crippen LogP contribution is -2.21. The highest BCUT2D eigenvalue weighted by Crippen LogP contribution is 2.00. The second-order valence-corrected chi connectivity index (χ2v) is 3.37. The van der Waals surface area contributed by atoms with Gasteiger partial charge in [-0.15, -0.1) is 6.58 Å². The molecule has 4 heteroatoms. The molecule has 0 aliphatic rings. The van der Waals surface area contributed by atoms with E-state index in [4.69, 9.17) is 0 Å². The maximum Gasteiger partial charge on any atom is 0.150 e. The highest BCUT2D eigenvalue weighted by Gasteiger charge is 2.05. The molecule has 0 bridgehead atoms. The molecule has 1 aromatic rings. The molecule has 0 fully saturated rings. The SMILES string of the molecule is C=CCNCCn1nc(CC)nc1CC. The third-order valence-corrected chi connectivity index (χ3v) is 2.21. The van der Waals surface area contributed by atoms with Crippen LogP contribution in [-0.2, 0) is 19.4 Å². The van der Waals surface area contributed by atoms with E-state index in [0.29, 0.717) is 0 Å². The Balaban J connectivity index is 2.50. The van der Waals surface area contributed by atoms with Gasteiger partial charge in [0.25, 0.3) is 0 Å². The van der Waals surface area contributed by atoms with Crippen LogP contribution in [0.15, 0.2) is 12.7 Å². The second-order valence-electron chi connectivity index (χ2n) is 3.37. The van der Waals surface area contributed by atoms with Crippen molar-refractivity contribution in [3.05, 3.63) is 24.3 Å². The van der Waals surface area contributed by atoms with Crippen molar-refractivity contribution in [2.75, 3.05) is 13.1 Å². The van der Waals surface area contributed by atoms with Gasteiger partial charge in [-0.25, -0.2) is 9.67 Å². The molecule has 0 spiro atoms. The van der Waals surface area contributed by atoms with E-state index >= 15 is 0 Å². The van der Waals surface area contributed by atoms with E-state index in [9.17, 15) is 0 Å². The molecule has 0 amide bonds. The number of hydrogen-bond donors (Lipinski definition) is 1. The summed E-state index contributed by atoms with van der Waals surface area (Å²) in [4.78, 5) is 4.45. The number of aryl methyl sites for hydroxylation is 2. The lowest BCUT2D eigenvalue weighted by atomic mass is 10.4. The third-order valence-electron chi connectivity index (χ3n) is 2.21. The van der Waals surface area contributed by atoms with Crippen molar-refractivity contribution in [1.82, 2.24) is 20.1 Å². The summed E-state index contributed by atoms with van der Waals surface area (Å²) in [5, 5.41) is 7.69. The minimum Gasteiger partial charge on any atom is -0.311 e. The van der Waals surface area contributed by atoms with Crippen LogP contribution in [-0.4, -0.2) is 27.9 Å². The van der Waals surface area contributed by atoms with Gasteiger partial charge in [0, 0.05) is 25.9 Å². The van der Waals surface area contributed by atoms with Crippen molar-refractivity contribution in [3.8, 4) is 0 Å². The summed E-state index contributed by atoms with van der Waals surface area (Å²) in [6.45, 7) is 10.5. The van der Waals surface area contributed by atoms with E-state index in [2.05, 4.69) is 35.8 Å². The van der Waals surface area contributed by atoms with Crippen molar-refractivity contribution in [2.24, 2.45) is 0 Å². The maximum atomic E-state index is 4.45. The standard InChI is InChI=1S/C11H20N4/c1-4-7-12-8-9-15-11(6-3)13-10(5-2)14-15/h4,12H,1,5-9H2,2-3H3. The average molecular weight is 208 g/mol. The lowest BCUT2D eigenvalue weighted by Gasteiger charge is -2.04. The first-order valence-electron chi connectivity index (χ1n) is 5.56. The predicted octanol–water partition coefficient (Wildman–Crippen LogP) is 1.18. The Morgan fingerprint density at radius 2 is 2.20 bits per heavy atom. The Labute approximate surface area is 91.4 Å². The van der Waals surface area contributed by atoms with Crippen molar-refractivity contribution in [3.63, 3.8) is 0 Å². The molecule has 0 saturated heterocycles. The van der Waals surface area contributed by atoms with Crippen LogP contribution < -0.4 is 5.32 Å². The largest absolute Gasteiger partial charge is 0.311 e. The van der Waals surface area contributed by atoms with Crippen LogP contribution in [0.1, 0.15) is 25.5 Å². The number of nitrogens with zero attached hydrogens (tertiary/aromatic N) is 3. The normalized spacial score (nSPS) is 10.5. The van der Waals surface area contributed by atoms with E-state index in [1.54, 1.807) is 0 Å². The van der Waals surface area contributed by atoms with Crippen LogP contribution in [0.3, 0.4) is 0 Å². The molecule has 1 heterocycles. The van der Waals surface area contributed by atoms with Gasteiger partial charge in [-0.2, -0.15) is 5.10 Å². The zero-order valence-electron chi connectivity index (χ0n) is 9.66. The van der Waals surface area contributed by atoms with Crippen LogP contribution in [0.5, 0.6) is 0 Å². The summed E-state index contributed by atoms with van der Waals surface area (Å²) in [7, 11) is 0. The van der Waals surface area contributed by atoms with E-state index in [1.165, 1.54) is 0 Å². The van der Waals surface area contributed by atoms with E-state index in [1.807, 2.05) is 10.8 Å². The zero-order chi connectivity index (χ0) is 11.1. The quantitative estimate of drug-likeness (QED) is 0.540. The van der Waals surface area contributed by atoms with E-state index < -0.39 is 0 Å². The summed E-state index contributed by atoms with van der Waals surface area (Å²) >= 11 is 0. The molecule has 0 atom stereocenters. The Morgan fingerprint density at radius 3 is 2.80 bits per heavy atom. The van der Waals surface area contributed by atoms with Gasteiger partial charge in [-0.3, -0.25) is 0 Å². The number of aromatic nitrogens is 3. The summed E-state index contributed by atoms with van der Waals surface area (Å²) < 4.78 is 1.99. The third kappa shape index (κ3) is 3.47. The van der Waals surface area contributed by atoms with E-state index in [0.717, 1.165) is 44.1 Å². The Morgan fingerprint density at radius 1 is 1.40 bits per heavy atom. The molecule has 0 unspecified atom stereocenters. The Kier molecular flexibility index (Phi) is 5.04. The summed E-state index contributed by atoms with van der Waals surface area (Å²) in [5.41, 5.74) is 0. The Bertz CT molecular complexity index is 304. The molecule has 0 aromatic carbocycles. The molecule has 0 saturated carbocycles. The van der Waals surface area contributed by atoms with Crippen LogP contribution >= 0.6 is 0 Å². The molecule has 84 valence electrons. The first-order chi connectivity index (χ1) is 7.31. The number of hydrogen-bond acceptors (Lipinski definition) is 3. The first-order valence-corrected chi connectivity index (χ1v) is 5.56. The van der Waals surface area contributed by atoms with Gasteiger partial charge >= 0.3 is 0 Å². The van der Waals surface area contributed by atoms with Gasteiger partial charge in [0.1, 0.15) is 5.82 Å². The second kappa shape index (κ2) is 6.35. The smallest absolute Gasteiger partial charge is 0.150 e. The molecular weight excluding hydrogens is 188 g/mol. The monoisotopic (exact) mass is 208 g/mol. The molecule has 0 radical (unpaired) electrons. The fraction of sp³-hybridized carbons (Fsp3) is 0.636. The van der Waals surface area contributed by atoms with E-state index in [-0.39, 0.29) is 0 Å². The zero-order valence-corrected chi connectivity index (χ0v) is 9.66. The molecule has 1 N–H and O–H groups in total. The van der Waals surface area contributed by atoms with Gasteiger partial charge in [0.05, 0.1) is 6.54 Å². The maximum absolute atomic E-state index is 4.45. The minimum absolute atomic E-state index is 0.844. The van der Waals surface area contributed by atoms with Crippen LogP contribution in [0.25, 0.3) is 0 Å². The summed E-state index contributed by atoms with van der Waals surface area (Å²) in [5.74, 6) is 2.02. The fourth-order valence-corrected chi connectivity index (χ4v) is 1.41. The summed E-state index contributed by atoms with van der Waals surface area (Å²) in [6.07, 6.45) is 3.70. The van der Waals surface area contributed by atoms with Gasteiger partial charge in [-0.05, 0) is 0 Å². The lowest BCUT2D eigenvalue weighted by molar-refractivity contribution is 0.547. The van der Waals surface area contributed by atoms with Gasteiger partial charge in [-0.1, -0.05) is 19.9 Å². The molecule has 0 aliphatic heterocycles. The number of nitrogens with one attached hydrogen (secondary N) is 1. The minimum atomic E-state index is 0.844. The topological polar surface area (TPSA) is 42.7 Å². The molecule has 4 nitrogen and oxygen atoms in total. The highest BCUT2D eigenvalue weighted by molar-refractivity contribution is 4.92. The Hall–Kier alpha value is -1.16. The van der Waals surface area contributed by atoms with Crippen LogP contribution in [0, 0.1) is 0 Å². The van der Waals surface area contributed by atoms with Gasteiger partial charge in [0.2, 0.25) is 0 Å². The van der Waals surface area contributed by atoms with Crippen molar-refractivity contribution in [2.45, 2.75) is 33.2 Å². The van der Waals surface area contributed by atoms with Crippen LogP contribution in [0.4, 0.5) is 0 Å². The molecule has 1 rings (SSSR count). The molecule has 15 heavy (non-hydrogen) atoms. The first kappa shape index (κ1) is 11.9. The van der Waals surface area contributed by atoms with Crippen molar-refractivity contribution < 1.29 is 0 Å². The molecule has 0 aliphatic carbocycles. The molecule has 1 aromatic heterocycles. The van der Waals surface area contributed by atoms with Crippen molar-refractivity contribution in [1.29, 1.82) is 0 Å². The highest BCUT2D eigenvalue weighted by atomic mass is 15.3. The van der Waals surface area contributed by atoms with Gasteiger partial charge < -0.3 is 5.32 Å². The number of rotatable bonds is 7. The predicted molar refractivity (Wildman–Crippen MR) is 61.8 cm³/mol. The van der Waals surface area contributed by atoms with Crippen LogP contribution in [0.2, 0.25) is 0 Å². The van der Waals surface area contributed by atoms with Gasteiger partial charge in [0.15, 0.2) is 5.82 Å². The average Bonchev–Trinajstić information content (AvgIpc) is 2.67. The molecular formula is C11H20N4. The van der Waals surface area contributed by atoms with Crippen molar-refractivity contribution >= 4 is 0 Å². The fourth-order valence-electron chi connectivity index (χ4n) is 1.41. The summed E-state index contributed by atoms with van der Waals surface area (Å²) in [6, 6.07) is 0.